The Bertz CT molecular complexity index is 3790. The van der Waals surface area contributed by atoms with Crippen molar-refractivity contribution in [3.8, 4) is 22.8 Å². The zero-order chi connectivity index (χ0) is 68.0. The fourth-order valence-corrected chi connectivity index (χ4v) is 12.1. The monoisotopic (exact) mass is 1290 g/mol. The smallest absolute Gasteiger partial charge is 0.343 e. The van der Waals surface area contributed by atoms with E-state index < -0.39 is 54.0 Å². The second-order valence-corrected chi connectivity index (χ2v) is 24.5. The van der Waals surface area contributed by atoms with Crippen molar-refractivity contribution in [3.63, 3.8) is 0 Å². The van der Waals surface area contributed by atoms with Crippen LogP contribution in [0.2, 0.25) is 0 Å². The molecule has 0 saturated carbocycles. The zero-order valence-corrected chi connectivity index (χ0v) is 53.5. The number of amides is 2. The molecule has 0 fully saturated rings. The van der Waals surface area contributed by atoms with Crippen molar-refractivity contribution in [2.75, 3.05) is 33.8 Å². The summed E-state index contributed by atoms with van der Waals surface area (Å²) in [5.41, 5.74) is 9.38. The molecular weight excluding hydrogens is 1210 g/mol. The van der Waals surface area contributed by atoms with Gasteiger partial charge in [0.25, 0.3) is 11.1 Å². The Morgan fingerprint density at radius 3 is 1.41 bits per heavy atom. The number of rotatable bonds is 24. The van der Waals surface area contributed by atoms with Gasteiger partial charge in [0.1, 0.15) is 49.9 Å². The summed E-state index contributed by atoms with van der Waals surface area (Å²) >= 11 is 0. The lowest BCUT2D eigenvalue weighted by atomic mass is 9.86. The van der Waals surface area contributed by atoms with Crippen molar-refractivity contribution in [2.45, 2.75) is 177 Å². The number of halogens is 3. The highest BCUT2D eigenvalue weighted by Crippen LogP contribution is 2.43. The molecule has 0 saturated heterocycles. The van der Waals surface area contributed by atoms with Crippen LogP contribution in [0.4, 0.5) is 13.2 Å². The number of unbranched alkanes of at least 4 members (excludes halogenated alkanes) is 2. The summed E-state index contributed by atoms with van der Waals surface area (Å²) in [5.74, 6) is -4.04. The maximum absolute atomic E-state index is 14.7. The van der Waals surface area contributed by atoms with Gasteiger partial charge in [-0.2, -0.15) is 0 Å². The Kier molecular flexibility index (Phi) is 23.1. The van der Waals surface area contributed by atoms with E-state index in [9.17, 15) is 61.7 Å². The SMILES string of the molecule is C.CC[C@@]1(O)C(=O)OCc2c1cc1n(c2=O)Cc2c-1nc1cc(F)c(C)cc1c2CCCCOCNC(=O)[C@H](C)CC(=O)C(C)C.CC[C@@]1(O)C(=O)OCc2c1cc1n(c2=O)Cc2c-1nc1cc(F)c(C)cc1c2CCCCOCNC(=O)[C@H](C)CC(=O)[C@H](C)N.[2H]CF. The summed E-state index contributed by atoms with van der Waals surface area (Å²) in [6.45, 7) is 16.2. The van der Waals surface area contributed by atoms with Crippen LogP contribution >= 0.6 is 0 Å². The summed E-state index contributed by atoms with van der Waals surface area (Å²) in [6.07, 6.45) is 4.32. The van der Waals surface area contributed by atoms with E-state index in [1.165, 1.54) is 12.1 Å². The molecule has 0 bridgehead atoms. The minimum atomic E-state index is -1.94. The number of ether oxygens (including phenoxy) is 4. The lowest BCUT2D eigenvalue weighted by molar-refractivity contribution is -0.172. The third-order valence-corrected chi connectivity index (χ3v) is 17.9. The van der Waals surface area contributed by atoms with Gasteiger partial charge in [-0.3, -0.25) is 33.2 Å². The van der Waals surface area contributed by atoms with Gasteiger partial charge in [-0.15, -0.1) is 0 Å². The highest BCUT2D eigenvalue weighted by Gasteiger charge is 2.47. The molecule has 0 aliphatic carbocycles. The topological polar surface area (TPSA) is 300 Å². The van der Waals surface area contributed by atoms with Gasteiger partial charge in [0.2, 0.25) is 11.8 Å². The largest absolute Gasteiger partial charge is 0.458 e. The minimum Gasteiger partial charge on any atom is -0.458 e. The first-order valence-corrected chi connectivity index (χ1v) is 31.1. The first-order chi connectivity index (χ1) is 44.1. The first-order valence-electron chi connectivity index (χ1n) is 31.8. The number of alkyl halides is 1. The number of aryl methyl sites for hydroxylation is 4. The summed E-state index contributed by atoms with van der Waals surface area (Å²) in [7, 11) is -1.00. The number of aromatic nitrogens is 4. The van der Waals surface area contributed by atoms with Crippen LogP contribution in [0.15, 0.2) is 46.0 Å². The Labute approximate surface area is 539 Å². The second-order valence-electron chi connectivity index (χ2n) is 24.5. The molecule has 0 unspecified atom stereocenters. The van der Waals surface area contributed by atoms with Crippen molar-refractivity contribution < 1.29 is 72.5 Å². The molecule has 2 aromatic carbocycles. The molecule has 6 N–H and O–H groups in total. The number of fused-ring (bicyclic) bond motifs is 10. The molecule has 8 heterocycles. The number of carbonyl (C=O) groups is 6. The summed E-state index contributed by atoms with van der Waals surface area (Å²) < 4.78 is 69.6. The zero-order valence-electron chi connectivity index (χ0n) is 54.5. The van der Waals surface area contributed by atoms with Crippen molar-refractivity contribution in [3.05, 3.63) is 124 Å². The normalized spacial score (nSPS) is 17.5. The number of esters is 2. The van der Waals surface area contributed by atoms with E-state index in [-0.39, 0.29) is 141 Å². The lowest BCUT2D eigenvalue weighted by Gasteiger charge is -2.31. The fraction of sp³-hybridized carbons (Fsp3) is 0.507. The Morgan fingerprint density at radius 1 is 0.656 bits per heavy atom. The van der Waals surface area contributed by atoms with Gasteiger partial charge >= 0.3 is 11.9 Å². The molecule has 6 aromatic rings. The van der Waals surface area contributed by atoms with Gasteiger partial charge in [0.05, 0.1) is 72.6 Å². The molecule has 4 aromatic heterocycles. The van der Waals surface area contributed by atoms with E-state index in [0.29, 0.717) is 90.3 Å². The van der Waals surface area contributed by atoms with Gasteiger partial charge in [0.15, 0.2) is 11.2 Å². The number of benzene rings is 2. The maximum atomic E-state index is 14.7. The Morgan fingerprint density at radius 2 is 1.04 bits per heavy atom. The summed E-state index contributed by atoms with van der Waals surface area (Å²) in [6, 6.07) is 9.03. The van der Waals surface area contributed by atoms with Gasteiger partial charge in [0, 0.05) is 89.0 Å². The molecule has 0 spiro atoms. The number of nitrogens with zero attached hydrogens (tertiary/aromatic N) is 4. The van der Waals surface area contributed by atoms with Crippen LogP contribution in [0, 0.1) is 43.2 Å². The lowest BCUT2D eigenvalue weighted by Crippen LogP contribution is -2.44. The number of Topliss-reactive ketones (excluding diaryl/α,β-unsaturated/α-hetero) is 2. The van der Waals surface area contributed by atoms with E-state index in [2.05, 4.69) is 10.6 Å². The van der Waals surface area contributed by atoms with Gasteiger partial charge < -0.3 is 54.7 Å². The molecule has 4 aliphatic heterocycles. The van der Waals surface area contributed by atoms with Crippen LogP contribution in [0.1, 0.15) is 164 Å². The van der Waals surface area contributed by atoms with E-state index in [0.717, 1.165) is 39.4 Å². The summed E-state index contributed by atoms with van der Waals surface area (Å²) in [5, 5.41) is 29.3. The molecule has 93 heavy (non-hydrogen) atoms. The number of pyridine rings is 4. The molecule has 21 nitrogen and oxygen atoms in total. The quantitative estimate of drug-likeness (QED) is 0.0216. The number of hydrogen-bond donors (Lipinski definition) is 5. The molecule has 10 rings (SSSR count). The molecular formula is C69H86F3N7O14. The van der Waals surface area contributed by atoms with Crippen LogP contribution in [0.25, 0.3) is 44.6 Å². The van der Waals surface area contributed by atoms with Gasteiger partial charge in [-0.05, 0) is 119 Å². The van der Waals surface area contributed by atoms with E-state index in [4.69, 9.17) is 36.0 Å². The van der Waals surface area contributed by atoms with Crippen molar-refractivity contribution >= 4 is 57.1 Å². The van der Waals surface area contributed by atoms with E-state index in [1.807, 2.05) is 13.8 Å². The third kappa shape index (κ3) is 14.7. The number of cyclic esters (lactones) is 2. The van der Waals surface area contributed by atoms with Crippen LogP contribution in [0.5, 0.6) is 0 Å². The third-order valence-electron chi connectivity index (χ3n) is 17.9. The fourth-order valence-electron chi connectivity index (χ4n) is 12.1. The van der Waals surface area contributed by atoms with Gasteiger partial charge in [-0.1, -0.05) is 49.0 Å². The number of ketones is 2. The number of hydrogen-bond acceptors (Lipinski definition) is 17. The van der Waals surface area contributed by atoms with Crippen LogP contribution < -0.4 is 27.5 Å². The predicted molar refractivity (Wildman–Crippen MR) is 342 cm³/mol. The molecule has 2 amide bonds. The van der Waals surface area contributed by atoms with E-state index in [1.54, 1.807) is 81.9 Å². The molecule has 4 aliphatic rings. The van der Waals surface area contributed by atoms with Crippen molar-refractivity contribution in [1.82, 2.24) is 29.7 Å². The van der Waals surface area contributed by atoms with Crippen molar-refractivity contribution in [1.29, 1.82) is 0 Å². The maximum Gasteiger partial charge on any atom is 0.343 e. The predicted octanol–water partition coefficient (Wildman–Crippen LogP) is 8.30. The number of nitrogens with two attached hydrogens (primary N) is 1. The highest BCUT2D eigenvalue weighted by molar-refractivity contribution is 5.92. The first kappa shape index (κ1) is 70.8. The van der Waals surface area contributed by atoms with Crippen LogP contribution in [-0.2, 0) is 98.1 Å². The average Bonchev–Trinajstić information content (AvgIpc) is 1.51. The van der Waals surface area contributed by atoms with E-state index >= 15 is 0 Å². The average molecular weight is 1300 g/mol. The second kappa shape index (κ2) is 30.4. The Balaban J connectivity index is 0.000000253. The molecule has 0 radical (unpaired) electrons. The number of nitrogens with one attached hydrogen (secondary N) is 2. The molecule has 5 atom stereocenters. The van der Waals surface area contributed by atoms with Crippen LogP contribution in [-0.4, -0.2) is 105 Å². The Hall–Kier alpha value is -8.03. The number of carbonyl (C=O) groups excluding carboxylic acids is 6. The molecule has 24 heteroatoms. The highest BCUT2D eigenvalue weighted by atomic mass is 19.1. The van der Waals surface area contributed by atoms with Gasteiger partial charge in [-0.25, -0.2) is 28.3 Å². The van der Waals surface area contributed by atoms with Crippen molar-refractivity contribution in [2.24, 2.45) is 23.5 Å². The standard InChI is InChI=1S/C34H40FN3O7.C33H39FN4O7.CH3F.CH4/c1-6-34(43)25-13-28-30-23(15-38(28)32(41)24(25)16-45-33(34)42)21(22-11-19(4)26(35)14-27(22)37-30)9-7-8-10-44-17-36-31(40)20(5)12-29(39)18(2)3;1-5-33(43)24-12-27-29-22(14-38(27)31(41)23(24)15-45-32(33)42)20(21-10-17(2)25(34)13-26(21)37-29)8-6-7-9-44-16-36-30(40)18(3)11-28(39)19(4)35;1-2;/h11,13-14,18,20,43H,6-10,12,15-17H2,1-5H3,(H,36,40);10,12-13,18-19,43H,5-9,11,14-16,35H2,1-4H3,(H,36,40);1H3;1H4/t20-,34+;18-,19+,33+;;/m11../s1/i;;1D;. The van der Waals surface area contributed by atoms with Crippen LogP contribution in [0.3, 0.4) is 0 Å². The minimum absolute atomic E-state index is 0. The number of aliphatic hydroxyl groups is 2. The molecule has 502 valence electrons. The summed E-state index contributed by atoms with van der Waals surface area (Å²) in [4.78, 5) is 110.